The van der Waals surface area contributed by atoms with Crippen molar-refractivity contribution in [3.8, 4) is 0 Å². The lowest BCUT2D eigenvalue weighted by molar-refractivity contribution is -0.122. The first-order valence-electron chi connectivity index (χ1n) is 9.06. The van der Waals surface area contributed by atoms with Gasteiger partial charge >= 0.3 is 0 Å². The smallest absolute Gasteiger partial charge is 0.234 e. The van der Waals surface area contributed by atoms with E-state index in [9.17, 15) is 4.79 Å². The highest BCUT2D eigenvalue weighted by Gasteiger charge is 2.17. The van der Waals surface area contributed by atoms with Crippen LogP contribution in [0.3, 0.4) is 0 Å². The lowest BCUT2D eigenvalue weighted by atomic mass is 10.1. The van der Waals surface area contributed by atoms with Crippen molar-refractivity contribution in [1.29, 1.82) is 0 Å². The van der Waals surface area contributed by atoms with Gasteiger partial charge in [0.1, 0.15) is 0 Å². The van der Waals surface area contributed by atoms with Crippen molar-refractivity contribution in [2.75, 3.05) is 39.3 Å². The lowest BCUT2D eigenvalue weighted by Crippen LogP contribution is -2.39. The summed E-state index contributed by atoms with van der Waals surface area (Å²) in [5.41, 5.74) is 2.67. The van der Waals surface area contributed by atoms with Crippen LogP contribution in [0.25, 0.3) is 0 Å². The Hall–Kier alpha value is -1.69. The van der Waals surface area contributed by atoms with Crippen molar-refractivity contribution in [3.05, 3.63) is 58.3 Å². The van der Waals surface area contributed by atoms with E-state index in [4.69, 9.17) is 0 Å². The maximum Gasteiger partial charge on any atom is 0.234 e. The molecule has 1 saturated heterocycles. The first-order valence-corrected chi connectivity index (χ1v) is 10.0. The number of amides is 1. The first kappa shape index (κ1) is 18.1. The van der Waals surface area contributed by atoms with Crippen LogP contribution < -0.4 is 5.32 Å². The highest BCUT2D eigenvalue weighted by atomic mass is 32.1. The van der Waals surface area contributed by atoms with E-state index < -0.39 is 0 Å². The standard InChI is InChI=1S/C20H27N3OS/c24-20(21-9-7-18-5-2-1-3-6-18)16-23-11-4-10-22(12-13-23)15-19-8-14-25-17-19/h1-3,5-6,8,14,17H,4,7,9-13,15-16H2,(H,21,24). The molecule has 0 bridgehead atoms. The molecule has 2 aromatic rings. The van der Waals surface area contributed by atoms with Crippen LogP contribution in [-0.4, -0.2) is 55.0 Å². The first-order chi connectivity index (χ1) is 12.3. The van der Waals surface area contributed by atoms with Gasteiger partial charge in [-0.1, -0.05) is 30.3 Å². The van der Waals surface area contributed by atoms with Gasteiger partial charge < -0.3 is 5.32 Å². The molecule has 1 amide bonds. The zero-order chi connectivity index (χ0) is 17.3. The molecule has 1 aromatic heterocycles. The Morgan fingerprint density at radius 3 is 2.60 bits per heavy atom. The molecule has 134 valence electrons. The van der Waals surface area contributed by atoms with E-state index in [0.717, 1.165) is 45.6 Å². The normalized spacial score (nSPS) is 16.5. The van der Waals surface area contributed by atoms with Crippen molar-refractivity contribution in [2.45, 2.75) is 19.4 Å². The molecule has 1 aromatic carbocycles. The zero-order valence-electron chi connectivity index (χ0n) is 14.7. The summed E-state index contributed by atoms with van der Waals surface area (Å²) in [4.78, 5) is 17.0. The number of benzene rings is 1. The maximum absolute atomic E-state index is 12.2. The largest absolute Gasteiger partial charge is 0.355 e. The fourth-order valence-electron chi connectivity index (χ4n) is 3.23. The zero-order valence-corrected chi connectivity index (χ0v) is 15.5. The summed E-state index contributed by atoms with van der Waals surface area (Å²) < 4.78 is 0. The van der Waals surface area contributed by atoms with Crippen LogP contribution in [0.5, 0.6) is 0 Å². The molecule has 1 N–H and O–H groups in total. The van der Waals surface area contributed by atoms with Gasteiger partial charge in [0.15, 0.2) is 0 Å². The van der Waals surface area contributed by atoms with Gasteiger partial charge in [0.25, 0.3) is 0 Å². The van der Waals surface area contributed by atoms with E-state index in [0.29, 0.717) is 13.1 Å². The highest BCUT2D eigenvalue weighted by molar-refractivity contribution is 7.07. The van der Waals surface area contributed by atoms with E-state index >= 15 is 0 Å². The molecule has 0 saturated carbocycles. The third-order valence-electron chi connectivity index (χ3n) is 4.61. The molecular formula is C20H27N3OS. The van der Waals surface area contributed by atoms with Crippen LogP contribution in [0, 0.1) is 0 Å². The molecule has 0 radical (unpaired) electrons. The second-order valence-corrected chi connectivity index (χ2v) is 7.40. The van der Waals surface area contributed by atoms with Gasteiger partial charge in [-0.3, -0.25) is 14.6 Å². The molecule has 2 heterocycles. The Balaban J connectivity index is 1.35. The Kier molecular flexibility index (Phi) is 7.03. The topological polar surface area (TPSA) is 35.6 Å². The van der Waals surface area contributed by atoms with Crippen molar-refractivity contribution in [3.63, 3.8) is 0 Å². The van der Waals surface area contributed by atoms with Gasteiger partial charge in [0, 0.05) is 26.2 Å². The Morgan fingerprint density at radius 2 is 1.80 bits per heavy atom. The number of rotatable bonds is 7. The number of hydrogen-bond donors (Lipinski definition) is 1. The van der Waals surface area contributed by atoms with Gasteiger partial charge in [-0.25, -0.2) is 0 Å². The molecule has 1 aliphatic rings. The molecule has 0 aliphatic carbocycles. The summed E-state index contributed by atoms with van der Waals surface area (Å²) in [6.07, 6.45) is 2.02. The van der Waals surface area contributed by atoms with Gasteiger partial charge in [-0.2, -0.15) is 11.3 Å². The summed E-state index contributed by atoms with van der Waals surface area (Å²) in [5, 5.41) is 7.42. The Morgan fingerprint density at radius 1 is 1.00 bits per heavy atom. The fourth-order valence-corrected chi connectivity index (χ4v) is 3.89. The third kappa shape index (κ3) is 6.27. The minimum atomic E-state index is 0.141. The summed E-state index contributed by atoms with van der Waals surface area (Å²) in [7, 11) is 0. The number of hydrogen-bond acceptors (Lipinski definition) is 4. The van der Waals surface area contributed by atoms with Crippen molar-refractivity contribution >= 4 is 17.2 Å². The van der Waals surface area contributed by atoms with Crippen LogP contribution >= 0.6 is 11.3 Å². The van der Waals surface area contributed by atoms with E-state index in [2.05, 4.69) is 44.1 Å². The van der Waals surface area contributed by atoms with E-state index in [1.807, 2.05) is 18.2 Å². The van der Waals surface area contributed by atoms with Crippen molar-refractivity contribution in [1.82, 2.24) is 15.1 Å². The van der Waals surface area contributed by atoms with Gasteiger partial charge in [0.2, 0.25) is 5.91 Å². The lowest BCUT2D eigenvalue weighted by Gasteiger charge is -2.21. The van der Waals surface area contributed by atoms with E-state index in [-0.39, 0.29) is 5.91 Å². The van der Waals surface area contributed by atoms with Gasteiger partial charge in [-0.05, 0) is 53.9 Å². The molecule has 5 heteroatoms. The molecule has 0 atom stereocenters. The molecular weight excluding hydrogens is 330 g/mol. The average molecular weight is 358 g/mol. The Bertz CT molecular complexity index is 630. The summed E-state index contributed by atoms with van der Waals surface area (Å²) in [6.45, 7) is 6.38. The van der Waals surface area contributed by atoms with Crippen molar-refractivity contribution in [2.24, 2.45) is 0 Å². The molecule has 4 nitrogen and oxygen atoms in total. The van der Waals surface area contributed by atoms with E-state index in [1.54, 1.807) is 11.3 Å². The van der Waals surface area contributed by atoms with E-state index in [1.165, 1.54) is 11.1 Å². The molecule has 0 spiro atoms. The molecule has 3 rings (SSSR count). The van der Waals surface area contributed by atoms with Crippen LogP contribution in [0.1, 0.15) is 17.5 Å². The monoisotopic (exact) mass is 357 g/mol. The molecule has 1 fully saturated rings. The summed E-state index contributed by atoms with van der Waals surface area (Å²) in [6, 6.07) is 12.5. The summed E-state index contributed by atoms with van der Waals surface area (Å²) in [5.74, 6) is 0.141. The SMILES string of the molecule is O=C(CN1CCCN(Cc2ccsc2)CC1)NCCc1ccccc1. The average Bonchev–Trinajstić information content (AvgIpc) is 3.03. The predicted molar refractivity (Wildman–Crippen MR) is 104 cm³/mol. The number of nitrogens with one attached hydrogen (secondary N) is 1. The predicted octanol–water partition coefficient (Wildman–Crippen LogP) is 2.61. The highest BCUT2D eigenvalue weighted by Crippen LogP contribution is 2.11. The van der Waals surface area contributed by atoms with Gasteiger partial charge in [0.05, 0.1) is 6.54 Å². The molecule has 0 unspecified atom stereocenters. The third-order valence-corrected chi connectivity index (χ3v) is 5.35. The second kappa shape index (κ2) is 9.70. The van der Waals surface area contributed by atoms with Crippen molar-refractivity contribution < 1.29 is 4.79 Å². The number of thiophene rings is 1. The number of carbonyl (C=O) groups is 1. The molecule has 25 heavy (non-hydrogen) atoms. The van der Waals surface area contributed by atoms with Gasteiger partial charge in [-0.15, -0.1) is 0 Å². The summed E-state index contributed by atoms with van der Waals surface area (Å²) >= 11 is 1.76. The number of carbonyl (C=O) groups excluding carboxylic acids is 1. The molecule has 1 aliphatic heterocycles. The minimum Gasteiger partial charge on any atom is -0.355 e. The number of nitrogens with zero attached hydrogens (tertiary/aromatic N) is 2. The fraction of sp³-hybridized carbons (Fsp3) is 0.450. The second-order valence-electron chi connectivity index (χ2n) is 6.62. The van der Waals surface area contributed by atoms with Crippen LogP contribution in [0.15, 0.2) is 47.2 Å². The maximum atomic E-state index is 12.2. The minimum absolute atomic E-state index is 0.141. The van der Waals surface area contributed by atoms with Crippen LogP contribution in [-0.2, 0) is 17.8 Å². The quantitative estimate of drug-likeness (QED) is 0.827. The Labute approximate surface area is 154 Å². The van der Waals surface area contributed by atoms with Crippen LogP contribution in [0.4, 0.5) is 0 Å². The van der Waals surface area contributed by atoms with Crippen LogP contribution in [0.2, 0.25) is 0 Å².